The Hall–Kier alpha value is -2.83. The van der Waals surface area contributed by atoms with Gasteiger partial charge < -0.3 is 4.90 Å². The number of hydrogen-bond donors (Lipinski definition) is 0. The average molecular weight is 322 g/mol. The lowest BCUT2D eigenvalue weighted by molar-refractivity contribution is 0.350. The van der Waals surface area contributed by atoms with Gasteiger partial charge in [0, 0.05) is 44.3 Å². The van der Waals surface area contributed by atoms with E-state index in [4.69, 9.17) is 0 Å². The van der Waals surface area contributed by atoms with Crippen molar-refractivity contribution in [1.82, 2.24) is 24.5 Å². The lowest BCUT2D eigenvalue weighted by Gasteiger charge is -2.33. The molecule has 0 saturated carbocycles. The Kier molecular flexibility index (Phi) is 3.90. The Morgan fingerprint density at radius 2 is 1.88 bits per heavy atom. The van der Waals surface area contributed by atoms with Crippen LogP contribution in [-0.2, 0) is 6.54 Å². The highest BCUT2D eigenvalue weighted by Gasteiger charge is 2.21. The van der Waals surface area contributed by atoms with E-state index in [0.717, 1.165) is 43.8 Å². The summed E-state index contributed by atoms with van der Waals surface area (Å²) in [7, 11) is 0. The molecule has 0 aliphatic carbocycles. The van der Waals surface area contributed by atoms with E-state index >= 15 is 0 Å². The molecular formula is C17H18N6O. The molecule has 0 amide bonds. The Bertz CT molecular complexity index is 900. The van der Waals surface area contributed by atoms with Gasteiger partial charge in [-0.25, -0.2) is 15.0 Å². The van der Waals surface area contributed by atoms with Gasteiger partial charge in [0.2, 0.25) is 0 Å². The van der Waals surface area contributed by atoms with E-state index in [9.17, 15) is 4.79 Å². The minimum Gasteiger partial charge on any atom is -0.357 e. The summed E-state index contributed by atoms with van der Waals surface area (Å²) in [5.74, 6) is 1.43. The van der Waals surface area contributed by atoms with Gasteiger partial charge in [-0.15, -0.1) is 0 Å². The van der Waals surface area contributed by atoms with E-state index in [1.807, 2.05) is 12.1 Å². The Morgan fingerprint density at radius 1 is 1.04 bits per heavy atom. The first-order chi connectivity index (χ1) is 11.8. The molecule has 7 heteroatoms. The van der Waals surface area contributed by atoms with Crippen LogP contribution in [0.25, 0.3) is 11.2 Å². The highest BCUT2D eigenvalue weighted by molar-refractivity contribution is 5.71. The number of pyridine rings is 1. The van der Waals surface area contributed by atoms with Gasteiger partial charge in [-0.05, 0) is 30.9 Å². The van der Waals surface area contributed by atoms with Gasteiger partial charge in [-0.1, -0.05) is 0 Å². The molecule has 0 spiro atoms. The zero-order chi connectivity index (χ0) is 16.4. The van der Waals surface area contributed by atoms with Crippen LogP contribution in [0.15, 0.2) is 47.9 Å². The molecule has 3 aromatic heterocycles. The maximum absolute atomic E-state index is 11.8. The van der Waals surface area contributed by atoms with Crippen LogP contribution in [0, 0.1) is 5.92 Å². The van der Waals surface area contributed by atoms with Gasteiger partial charge >= 0.3 is 0 Å². The van der Waals surface area contributed by atoms with Crippen molar-refractivity contribution in [2.45, 2.75) is 19.4 Å². The summed E-state index contributed by atoms with van der Waals surface area (Å²) in [6, 6.07) is 5.48. The lowest BCUT2D eigenvalue weighted by atomic mass is 9.96. The Morgan fingerprint density at radius 3 is 2.71 bits per heavy atom. The van der Waals surface area contributed by atoms with E-state index < -0.39 is 0 Å². The van der Waals surface area contributed by atoms with Crippen molar-refractivity contribution in [2.75, 3.05) is 18.0 Å². The Labute approximate surface area is 139 Å². The molecule has 7 nitrogen and oxygen atoms in total. The van der Waals surface area contributed by atoms with Crippen molar-refractivity contribution in [2.24, 2.45) is 5.92 Å². The molecule has 0 bridgehead atoms. The molecule has 122 valence electrons. The largest absolute Gasteiger partial charge is 0.357 e. The Balaban J connectivity index is 1.43. The minimum atomic E-state index is 0.0159. The summed E-state index contributed by atoms with van der Waals surface area (Å²) in [5.41, 5.74) is 1.51. The number of nitrogens with zero attached hydrogens (tertiary/aromatic N) is 6. The molecular weight excluding hydrogens is 304 g/mol. The predicted molar refractivity (Wildman–Crippen MR) is 90.8 cm³/mol. The van der Waals surface area contributed by atoms with Crippen molar-refractivity contribution in [3.05, 3.63) is 53.5 Å². The van der Waals surface area contributed by atoms with Crippen LogP contribution in [0.5, 0.6) is 0 Å². The summed E-state index contributed by atoms with van der Waals surface area (Å²) in [4.78, 5) is 31.2. The lowest BCUT2D eigenvalue weighted by Crippen LogP contribution is -2.36. The smallest absolute Gasteiger partial charge is 0.253 e. The van der Waals surface area contributed by atoms with Crippen molar-refractivity contribution in [1.29, 1.82) is 0 Å². The fourth-order valence-corrected chi connectivity index (χ4v) is 3.16. The third-order valence-corrected chi connectivity index (χ3v) is 4.50. The van der Waals surface area contributed by atoms with E-state index in [1.54, 1.807) is 23.3 Å². The third-order valence-electron chi connectivity index (χ3n) is 4.50. The van der Waals surface area contributed by atoms with Crippen molar-refractivity contribution in [3.63, 3.8) is 0 Å². The fourth-order valence-electron chi connectivity index (χ4n) is 3.16. The first-order valence-corrected chi connectivity index (χ1v) is 8.13. The number of hydrogen-bond acceptors (Lipinski definition) is 6. The van der Waals surface area contributed by atoms with E-state index in [0.29, 0.717) is 11.6 Å². The van der Waals surface area contributed by atoms with Gasteiger partial charge in [-0.3, -0.25) is 14.3 Å². The summed E-state index contributed by atoms with van der Waals surface area (Å²) >= 11 is 0. The topological polar surface area (TPSA) is 76.8 Å². The average Bonchev–Trinajstić information content (AvgIpc) is 2.64. The van der Waals surface area contributed by atoms with Crippen LogP contribution in [-0.4, -0.2) is 37.6 Å². The first kappa shape index (κ1) is 14.7. The molecule has 1 aliphatic rings. The molecule has 0 N–H and O–H groups in total. The highest BCUT2D eigenvalue weighted by Crippen LogP contribution is 2.23. The molecule has 1 fully saturated rings. The molecule has 0 radical (unpaired) electrons. The molecule has 3 aromatic rings. The summed E-state index contributed by atoms with van der Waals surface area (Å²) in [5, 5.41) is 0. The second kappa shape index (κ2) is 6.35. The SMILES string of the molecule is O=c1ccncn1CC1CCN(c2ccc3nccnc3n2)CC1. The van der Waals surface area contributed by atoms with Gasteiger partial charge in [0.15, 0.2) is 5.65 Å². The normalized spacial score (nSPS) is 15.8. The summed E-state index contributed by atoms with van der Waals surface area (Å²) in [6.45, 7) is 2.59. The molecule has 4 heterocycles. The number of anilines is 1. The van der Waals surface area contributed by atoms with E-state index in [2.05, 4.69) is 24.8 Å². The second-order valence-electron chi connectivity index (χ2n) is 6.07. The third kappa shape index (κ3) is 2.97. The molecule has 1 aliphatic heterocycles. The summed E-state index contributed by atoms with van der Waals surface area (Å²) < 4.78 is 1.70. The van der Waals surface area contributed by atoms with Gasteiger partial charge in [0.1, 0.15) is 11.3 Å². The maximum atomic E-state index is 11.8. The zero-order valence-corrected chi connectivity index (χ0v) is 13.2. The van der Waals surface area contributed by atoms with Crippen LogP contribution in [0.3, 0.4) is 0 Å². The zero-order valence-electron chi connectivity index (χ0n) is 13.2. The number of piperidine rings is 1. The van der Waals surface area contributed by atoms with Crippen molar-refractivity contribution >= 4 is 17.0 Å². The number of aromatic nitrogens is 5. The van der Waals surface area contributed by atoms with Gasteiger partial charge in [0.25, 0.3) is 5.56 Å². The second-order valence-corrected chi connectivity index (χ2v) is 6.07. The molecule has 0 unspecified atom stereocenters. The molecule has 1 saturated heterocycles. The number of fused-ring (bicyclic) bond motifs is 1. The molecule has 4 rings (SSSR count). The highest BCUT2D eigenvalue weighted by atomic mass is 16.1. The van der Waals surface area contributed by atoms with Crippen molar-refractivity contribution < 1.29 is 0 Å². The van der Waals surface area contributed by atoms with Crippen LogP contribution in [0.2, 0.25) is 0 Å². The fraction of sp³-hybridized carbons (Fsp3) is 0.353. The maximum Gasteiger partial charge on any atom is 0.253 e. The van der Waals surface area contributed by atoms with E-state index in [-0.39, 0.29) is 5.56 Å². The monoisotopic (exact) mass is 322 g/mol. The van der Waals surface area contributed by atoms with Gasteiger partial charge in [-0.2, -0.15) is 0 Å². The minimum absolute atomic E-state index is 0.0159. The first-order valence-electron chi connectivity index (χ1n) is 8.13. The molecule has 24 heavy (non-hydrogen) atoms. The predicted octanol–water partition coefficient (Wildman–Crippen LogP) is 1.50. The van der Waals surface area contributed by atoms with Crippen LogP contribution >= 0.6 is 0 Å². The van der Waals surface area contributed by atoms with Crippen molar-refractivity contribution in [3.8, 4) is 0 Å². The molecule has 0 aromatic carbocycles. The standard InChI is InChI=1S/C17H18N6O/c24-16-3-6-18-12-23(16)11-13-4-9-22(10-5-13)15-2-1-14-17(21-15)20-8-7-19-14/h1-3,6-8,12-13H,4-5,9-11H2. The number of rotatable bonds is 3. The molecule has 0 atom stereocenters. The van der Waals surface area contributed by atoms with E-state index in [1.165, 1.54) is 12.3 Å². The van der Waals surface area contributed by atoms with Crippen LogP contribution < -0.4 is 10.5 Å². The van der Waals surface area contributed by atoms with Gasteiger partial charge in [0.05, 0.1) is 6.33 Å². The quantitative estimate of drug-likeness (QED) is 0.727. The van der Waals surface area contributed by atoms with Crippen LogP contribution in [0.1, 0.15) is 12.8 Å². The summed E-state index contributed by atoms with van der Waals surface area (Å²) in [6.07, 6.45) is 8.56. The van der Waals surface area contributed by atoms with Crippen LogP contribution in [0.4, 0.5) is 5.82 Å².